The van der Waals surface area contributed by atoms with E-state index in [1.807, 2.05) is 13.0 Å². The lowest BCUT2D eigenvalue weighted by molar-refractivity contribution is -0.142. The number of thiophene rings is 1. The Hall–Kier alpha value is -2.93. The number of alkyl halides is 3. The molecule has 1 aromatic carbocycles. The molecule has 1 amide bonds. The van der Waals surface area contributed by atoms with Crippen molar-refractivity contribution in [2.24, 2.45) is 0 Å². The van der Waals surface area contributed by atoms with Crippen LogP contribution in [0, 0.1) is 0 Å². The summed E-state index contributed by atoms with van der Waals surface area (Å²) >= 11 is 16.9. The molecule has 0 bridgehead atoms. The van der Waals surface area contributed by atoms with E-state index in [2.05, 4.69) is 36.4 Å². The fraction of sp³-hybridized carbons (Fsp3) is 0.167. The zero-order valence-corrected chi connectivity index (χ0v) is 23.3. The number of aryl methyl sites for hydroxylation is 1. The van der Waals surface area contributed by atoms with Gasteiger partial charge in [-0.1, -0.05) is 36.2 Å². The number of benzene rings is 1. The van der Waals surface area contributed by atoms with E-state index in [9.17, 15) is 18.0 Å². The highest BCUT2D eigenvalue weighted by molar-refractivity contribution is 9.10. The van der Waals surface area contributed by atoms with Gasteiger partial charge in [0, 0.05) is 27.2 Å². The van der Waals surface area contributed by atoms with Gasteiger partial charge in [0.25, 0.3) is 5.91 Å². The summed E-state index contributed by atoms with van der Waals surface area (Å²) in [5, 5.41) is 11.8. The van der Waals surface area contributed by atoms with Gasteiger partial charge in [-0.25, -0.2) is 9.50 Å². The van der Waals surface area contributed by atoms with Gasteiger partial charge in [0.05, 0.1) is 21.6 Å². The summed E-state index contributed by atoms with van der Waals surface area (Å²) in [5.74, 6) is -0.586. The molecule has 0 spiro atoms. The van der Waals surface area contributed by atoms with Crippen LogP contribution < -0.4 is 5.32 Å². The van der Waals surface area contributed by atoms with Gasteiger partial charge in [-0.3, -0.25) is 9.48 Å². The Morgan fingerprint density at radius 2 is 1.92 bits per heavy atom. The number of nitrogens with zero attached hydrogens (tertiary/aromatic N) is 5. The smallest absolute Gasteiger partial charge is 0.303 e. The molecule has 14 heteroatoms. The second-order valence-electron chi connectivity index (χ2n) is 8.16. The molecule has 38 heavy (non-hydrogen) atoms. The first kappa shape index (κ1) is 26.7. The maximum absolute atomic E-state index is 13.9. The number of anilines is 1. The first-order chi connectivity index (χ1) is 18.0. The van der Waals surface area contributed by atoms with E-state index in [1.165, 1.54) is 17.4 Å². The van der Waals surface area contributed by atoms with Gasteiger partial charge in [0.1, 0.15) is 0 Å². The molecule has 0 aliphatic heterocycles. The van der Waals surface area contributed by atoms with Gasteiger partial charge in [-0.15, -0.1) is 11.3 Å². The van der Waals surface area contributed by atoms with E-state index < -0.39 is 17.8 Å². The SMILES string of the molecule is CCc1ccc(-c2cc(C(F)(F)F)n3nc(C(=O)Nc4nn(Cc5ccc(Cl)cc5Cl)cc4Br)cc3n2)s1. The lowest BCUT2D eigenvalue weighted by Crippen LogP contribution is -2.16. The van der Waals surface area contributed by atoms with E-state index in [1.54, 1.807) is 35.1 Å². The molecule has 5 aromatic rings. The number of carbonyl (C=O) groups excluding carboxylic acids is 1. The number of hydrogen-bond donors (Lipinski definition) is 1. The number of amides is 1. The first-order valence-electron chi connectivity index (χ1n) is 11.1. The van der Waals surface area contributed by atoms with E-state index in [-0.39, 0.29) is 22.9 Å². The van der Waals surface area contributed by atoms with Crippen LogP contribution in [0.15, 0.2) is 53.1 Å². The van der Waals surface area contributed by atoms with Crippen molar-refractivity contribution in [1.29, 1.82) is 0 Å². The highest BCUT2D eigenvalue weighted by Gasteiger charge is 2.36. The van der Waals surface area contributed by atoms with Crippen molar-refractivity contribution in [3.05, 3.63) is 85.0 Å². The monoisotopic (exact) mass is 642 g/mol. The molecule has 0 unspecified atom stereocenters. The summed E-state index contributed by atoms with van der Waals surface area (Å²) in [4.78, 5) is 18.9. The molecule has 0 saturated carbocycles. The van der Waals surface area contributed by atoms with Crippen LogP contribution in [0.4, 0.5) is 19.0 Å². The van der Waals surface area contributed by atoms with Crippen molar-refractivity contribution in [3.63, 3.8) is 0 Å². The van der Waals surface area contributed by atoms with Gasteiger partial charge in [0.15, 0.2) is 22.9 Å². The zero-order valence-electron chi connectivity index (χ0n) is 19.4. The number of rotatable bonds is 6. The minimum Gasteiger partial charge on any atom is -0.303 e. The Labute approximate surface area is 236 Å². The van der Waals surface area contributed by atoms with Gasteiger partial charge >= 0.3 is 6.18 Å². The largest absolute Gasteiger partial charge is 0.433 e. The van der Waals surface area contributed by atoms with Crippen molar-refractivity contribution in [3.8, 4) is 10.6 Å². The highest BCUT2D eigenvalue weighted by Crippen LogP contribution is 2.34. The number of nitrogens with one attached hydrogen (secondary N) is 1. The maximum Gasteiger partial charge on any atom is 0.433 e. The number of aromatic nitrogens is 5. The number of carbonyl (C=O) groups is 1. The number of hydrogen-bond acceptors (Lipinski definition) is 5. The summed E-state index contributed by atoms with van der Waals surface area (Å²) in [6.45, 7) is 2.26. The zero-order chi connectivity index (χ0) is 27.2. The van der Waals surface area contributed by atoms with Crippen molar-refractivity contribution in [1.82, 2.24) is 24.4 Å². The van der Waals surface area contributed by atoms with Gasteiger partial charge in [-0.2, -0.15) is 23.4 Å². The molecule has 7 nitrogen and oxygen atoms in total. The van der Waals surface area contributed by atoms with E-state index in [0.29, 0.717) is 30.5 Å². The lowest BCUT2D eigenvalue weighted by atomic mass is 10.2. The van der Waals surface area contributed by atoms with E-state index >= 15 is 0 Å². The van der Waals surface area contributed by atoms with Crippen LogP contribution in [0.1, 0.15) is 33.5 Å². The Balaban J connectivity index is 1.44. The topological polar surface area (TPSA) is 77.1 Å². The number of halogens is 6. The minimum absolute atomic E-state index is 0.103. The molecular formula is C24H16BrCl2F3N6OS. The van der Waals surface area contributed by atoms with Crippen LogP contribution in [-0.4, -0.2) is 30.3 Å². The van der Waals surface area contributed by atoms with Gasteiger partial charge in [-0.05, 0) is 58.2 Å². The predicted molar refractivity (Wildman–Crippen MR) is 144 cm³/mol. The van der Waals surface area contributed by atoms with E-state index in [0.717, 1.165) is 22.9 Å². The van der Waals surface area contributed by atoms with Crippen molar-refractivity contribution < 1.29 is 18.0 Å². The van der Waals surface area contributed by atoms with Crippen LogP contribution in [0.5, 0.6) is 0 Å². The summed E-state index contributed by atoms with van der Waals surface area (Å²) < 4.78 is 44.3. The predicted octanol–water partition coefficient (Wildman–Crippen LogP) is 7.61. The molecule has 4 aromatic heterocycles. The Morgan fingerprint density at radius 3 is 2.61 bits per heavy atom. The average Bonchev–Trinajstić information content (AvgIpc) is 3.58. The Kier molecular flexibility index (Phi) is 7.25. The van der Waals surface area contributed by atoms with Crippen molar-refractivity contribution >= 4 is 67.8 Å². The molecule has 1 N–H and O–H groups in total. The van der Waals surface area contributed by atoms with Crippen LogP contribution >= 0.6 is 50.5 Å². The van der Waals surface area contributed by atoms with Crippen molar-refractivity contribution in [2.45, 2.75) is 26.1 Å². The average molecular weight is 644 g/mol. The minimum atomic E-state index is -4.72. The molecule has 0 aliphatic rings. The fourth-order valence-electron chi connectivity index (χ4n) is 3.68. The van der Waals surface area contributed by atoms with Crippen LogP contribution in [0.25, 0.3) is 16.2 Å². The quantitative estimate of drug-likeness (QED) is 0.207. The molecule has 4 heterocycles. The molecule has 0 fully saturated rings. The molecular weight excluding hydrogens is 628 g/mol. The Morgan fingerprint density at radius 1 is 1.13 bits per heavy atom. The molecule has 196 valence electrons. The summed E-state index contributed by atoms with van der Waals surface area (Å²) in [6, 6.07) is 10.8. The normalized spacial score (nSPS) is 11.9. The van der Waals surface area contributed by atoms with Crippen LogP contribution in [0.3, 0.4) is 0 Å². The highest BCUT2D eigenvalue weighted by atomic mass is 79.9. The van der Waals surface area contributed by atoms with Crippen LogP contribution in [0.2, 0.25) is 10.0 Å². The molecule has 0 atom stereocenters. The third-order valence-electron chi connectivity index (χ3n) is 5.51. The maximum atomic E-state index is 13.9. The van der Waals surface area contributed by atoms with Gasteiger partial charge < -0.3 is 5.32 Å². The van der Waals surface area contributed by atoms with Crippen molar-refractivity contribution in [2.75, 3.05) is 5.32 Å². The lowest BCUT2D eigenvalue weighted by Gasteiger charge is -2.10. The summed E-state index contributed by atoms with van der Waals surface area (Å²) in [5.41, 5.74) is -0.476. The number of fused-ring (bicyclic) bond motifs is 1. The molecule has 0 saturated heterocycles. The fourth-order valence-corrected chi connectivity index (χ4v) is 5.47. The molecule has 5 rings (SSSR count). The summed E-state index contributed by atoms with van der Waals surface area (Å²) in [7, 11) is 0. The van der Waals surface area contributed by atoms with Gasteiger partial charge in [0.2, 0.25) is 0 Å². The second-order valence-corrected chi connectivity index (χ2v) is 11.0. The standard InChI is InChI=1S/C24H16BrCl2F3N6OS/c1-2-14-5-6-19(38-14)17-8-20(24(28,29)30)36-21(31-17)9-18(33-36)23(37)32-22-15(25)11-35(34-22)10-12-3-4-13(26)7-16(12)27/h3-9,11H,2,10H2,1H3,(H,32,34,37). The summed E-state index contributed by atoms with van der Waals surface area (Å²) in [6.07, 6.45) is -2.33. The molecule has 0 aliphatic carbocycles. The van der Waals surface area contributed by atoms with E-state index in [4.69, 9.17) is 23.2 Å². The Bertz CT molecular complexity index is 1680. The molecule has 0 radical (unpaired) electrons. The third kappa shape index (κ3) is 5.44. The van der Waals surface area contributed by atoms with Crippen LogP contribution in [-0.2, 0) is 19.1 Å². The third-order valence-corrected chi connectivity index (χ3v) is 7.93. The second kappa shape index (κ2) is 10.3. The first-order valence-corrected chi connectivity index (χ1v) is 13.4.